The topological polar surface area (TPSA) is 79.1 Å². The molecule has 4 N–H and O–H groups in total. The highest BCUT2D eigenvalue weighted by Crippen LogP contribution is 2.21. The van der Waals surface area contributed by atoms with Gasteiger partial charge in [-0.1, -0.05) is 36.4 Å². The van der Waals surface area contributed by atoms with Crippen LogP contribution < -0.4 is 11.2 Å². The zero-order valence-corrected chi connectivity index (χ0v) is 12.8. The molecule has 0 radical (unpaired) electrons. The van der Waals surface area contributed by atoms with E-state index in [1.807, 2.05) is 55.5 Å². The Labute approximate surface area is 133 Å². The van der Waals surface area contributed by atoms with Gasteiger partial charge in [0.2, 0.25) is 0 Å². The molecule has 0 aliphatic carbocycles. The Morgan fingerprint density at radius 2 is 2.00 bits per heavy atom. The average Bonchev–Trinajstić information content (AvgIpc) is 2.96. The highest BCUT2D eigenvalue weighted by atomic mass is 32.1. The summed E-state index contributed by atoms with van der Waals surface area (Å²) in [5, 5.41) is 4.28. The lowest BCUT2D eigenvalue weighted by molar-refractivity contribution is 1.03. The summed E-state index contributed by atoms with van der Waals surface area (Å²) in [4.78, 5) is 7.94. The number of thiocarbonyl (C=S) groups is 1. The smallest absolute Gasteiger partial charge is 0.184 e. The number of nitrogens with one attached hydrogen (secondary N) is 2. The minimum atomic E-state index is 0.147. The lowest BCUT2D eigenvalue weighted by Crippen LogP contribution is -2.25. The first-order valence-electron chi connectivity index (χ1n) is 6.79. The van der Waals surface area contributed by atoms with Crippen LogP contribution in [0.1, 0.15) is 12.5 Å². The van der Waals surface area contributed by atoms with Crippen molar-refractivity contribution in [3.05, 3.63) is 54.1 Å². The quantitative estimate of drug-likeness (QED) is 0.395. The van der Waals surface area contributed by atoms with Gasteiger partial charge in [0.15, 0.2) is 5.11 Å². The number of hydrogen-bond donors (Lipinski definition) is 3. The van der Waals surface area contributed by atoms with Crippen LogP contribution >= 0.6 is 12.2 Å². The highest BCUT2D eigenvalue weighted by molar-refractivity contribution is 7.80. The highest BCUT2D eigenvalue weighted by Gasteiger charge is 2.06. The first-order chi connectivity index (χ1) is 10.6. The van der Waals surface area contributed by atoms with Crippen molar-refractivity contribution in [3.8, 4) is 11.4 Å². The molecule has 0 aliphatic heterocycles. The number of benzene rings is 2. The molecular weight excluding hydrogens is 294 g/mol. The van der Waals surface area contributed by atoms with Crippen LogP contribution in [0.25, 0.3) is 22.4 Å². The molecule has 0 fully saturated rings. The van der Waals surface area contributed by atoms with Gasteiger partial charge in [0, 0.05) is 5.56 Å². The number of H-pyrrole nitrogens is 1. The molecule has 0 bridgehead atoms. The number of nitrogens with zero attached hydrogens (tertiary/aromatic N) is 2. The number of nitrogens with two attached hydrogens (primary N) is 1. The standard InChI is InChI=1S/C16H15N5S/c1-10(20-21-16(17)22)12-7-8-13-14(9-12)19-15(18-13)11-5-3-2-4-6-11/h2-9H,1H3,(H,18,19)(H3,17,21,22)/b20-10+. The Morgan fingerprint density at radius 1 is 1.23 bits per heavy atom. The number of imidazole rings is 1. The largest absolute Gasteiger partial charge is 0.375 e. The van der Waals surface area contributed by atoms with Crippen LogP contribution in [-0.4, -0.2) is 20.8 Å². The van der Waals surface area contributed by atoms with Crippen molar-refractivity contribution in [3.63, 3.8) is 0 Å². The minimum Gasteiger partial charge on any atom is -0.375 e. The fraction of sp³-hybridized carbons (Fsp3) is 0.0625. The predicted molar refractivity (Wildman–Crippen MR) is 93.7 cm³/mol. The molecular formula is C16H15N5S. The van der Waals surface area contributed by atoms with Crippen LogP contribution in [0.5, 0.6) is 0 Å². The van der Waals surface area contributed by atoms with Crippen LogP contribution in [0.3, 0.4) is 0 Å². The maximum Gasteiger partial charge on any atom is 0.184 e. The van der Waals surface area contributed by atoms with E-state index in [0.717, 1.165) is 33.7 Å². The molecule has 0 aliphatic rings. The Bertz CT molecular complexity index is 851. The van der Waals surface area contributed by atoms with Gasteiger partial charge in [0.05, 0.1) is 16.7 Å². The van der Waals surface area contributed by atoms with E-state index in [2.05, 4.69) is 20.5 Å². The third kappa shape index (κ3) is 2.96. The fourth-order valence-corrected chi connectivity index (χ4v) is 2.22. The van der Waals surface area contributed by atoms with Crippen molar-refractivity contribution in [1.29, 1.82) is 0 Å². The number of hydrazone groups is 1. The van der Waals surface area contributed by atoms with E-state index in [4.69, 9.17) is 18.0 Å². The van der Waals surface area contributed by atoms with E-state index in [-0.39, 0.29) is 5.11 Å². The first kappa shape index (κ1) is 14.2. The predicted octanol–water partition coefficient (Wildman–Crippen LogP) is 2.79. The molecule has 3 aromatic rings. The van der Waals surface area contributed by atoms with Crippen LogP contribution in [-0.2, 0) is 0 Å². The molecule has 6 heteroatoms. The van der Waals surface area contributed by atoms with Crippen LogP contribution in [0.2, 0.25) is 0 Å². The molecule has 1 heterocycles. The van der Waals surface area contributed by atoms with Gasteiger partial charge in [0.25, 0.3) is 0 Å². The third-order valence-corrected chi connectivity index (χ3v) is 3.37. The summed E-state index contributed by atoms with van der Waals surface area (Å²) < 4.78 is 0. The number of rotatable bonds is 3. The first-order valence-corrected chi connectivity index (χ1v) is 7.19. The van der Waals surface area contributed by atoms with E-state index in [1.165, 1.54) is 0 Å². The molecule has 0 saturated heterocycles. The Kier molecular flexibility index (Phi) is 3.84. The van der Waals surface area contributed by atoms with Crippen LogP contribution in [0.4, 0.5) is 0 Å². The Balaban J connectivity index is 1.97. The molecule has 0 amide bonds. The summed E-state index contributed by atoms with van der Waals surface area (Å²) >= 11 is 4.74. The zero-order valence-electron chi connectivity index (χ0n) is 12.0. The number of fused-ring (bicyclic) bond motifs is 1. The second kappa shape index (κ2) is 5.95. The molecule has 2 aromatic carbocycles. The molecule has 3 rings (SSSR count). The van der Waals surface area contributed by atoms with Gasteiger partial charge in [-0.15, -0.1) is 0 Å². The summed E-state index contributed by atoms with van der Waals surface area (Å²) in [6.45, 7) is 1.89. The normalized spacial score (nSPS) is 11.6. The van der Waals surface area contributed by atoms with Gasteiger partial charge in [-0.25, -0.2) is 4.98 Å². The van der Waals surface area contributed by atoms with Crippen molar-refractivity contribution >= 4 is 34.1 Å². The SMILES string of the molecule is C/C(=N\NC(N)=S)c1ccc2nc(-c3ccccc3)[nH]c2c1. The summed E-state index contributed by atoms with van der Waals surface area (Å²) in [6, 6.07) is 16.0. The van der Waals surface area contributed by atoms with Crippen molar-refractivity contribution < 1.29 is 0 Å². The van der Waals surface area contributed by atoms with Gasteiger partial charge in [-0.3, -0.25) is 5.43 Å². The third-order valence-electron chi connectivity index (χ3n) is 3.28. The van der Waals surface area contributed by atoms with Crippen LogP contribution in [0, 0.1) is 0 Å². The van der Waals surface area contributed by atoms with Gasteiger partial charge in [-0.05, 0) is 36.8 Å². The maximum absolute atomic E-state index is 5.37. The Hall–Kier alpha value is -2.73. The lowest BCUT2D eigenvalue weighted by atomic mass is 10.1. The fourth-order valence-electron chi connectivity index (χ4n) is 2.17. The van der Waals surface area contributed by atoms with E-state index in [1.54, 1.807) is 0 Å². The van der Waals surface area contributed by atoms with Crippen molar-refractivity contribution in [2.24, 2.45) is 10.8 Å². The summed E-state index contributed by atoms with van der Waals surface area (Å²) in [5.74, 6) is 0.851. The summed E-state index contributed by atoms with van der Waals surface area (Å²) in [5.41, 5.74) is 12.7. The van der Waals surface area contributed by atoms with E-state index >= 15 is 0 Å². The maximum atomic E-state index is 5.37. The molecule has 0 saturated carbocycles. The molecule has 0 atom stereocenters. The molecule has 1 aromatic heterocycles. The zero-order chi connectivity index (χ0) is 15.5. The molecule has 0 unspecified atom stereocenters. The number of aromatic nitrogens is 2. The van der Waals surface area contributed by atoms with Crippen LogP contribution in [0.15, 0.2) is 53.6 Å². The second-order valence-corrected chi connectivity index (χ2v) is 5.30. The summed E-state index contributed by atoms with van der Waals surface area (Å²) in [7, 11) is 0. The summed E-state index contributed by atoms with van der Waals surface area (Å²) in [6.07, 6.45) is 0. The monoisotopic (exact) mass is 309 g/mol. The van der Waals surface area contributed by atoms with Gasteiger partial charge in [0.1, 0.15) is 5.82 Å². The second-order valence-electron chi connectivity index (χ2n) is 4.86. The van der Waals surface area contributed by atoms with Crippen molar-refractivity contribution in [2.45, 2.75) is 6.92 Å². The molecule has 22 heavy (non-hydrogen) atoms. The van der Waals surface area contributed by atoms with Crippen molar-refractivity contribution in [1.82, 2.24) is 15.4 Å². The molecule has 5 nitrogen and oxygen atoms in total. The Morgan fingerprint density at radius 3 is 2.73 bits per heavy atom. The van der Waals surface area contributed by atoms with Gasteiger partial charge >= 0.3 is 0 Å². The number of aromatic amines is 1. The van der Waals surface area contributed by atoms with E-state index in [9.17, 15) is 0 Å². The minimum absolute atomic E-state index is 0.147. The number of hydrogen-bond acceptors (Lipinski definition) is 3. The average molecular weight is 309 g/mol. The van der Waals surface area contributed by atoms with Gasteiger partial charge < -0.3 is 10.7 Å². The molecule has 110 valence electrons. The van der Waals surface area contributed by atoms with Crippen molar-refractivity contribution in [2.75, 3.05) is 0 Å². The van der Waals surface area contributed by atoms with Gasteiger partial charge in [-0.2, -0.15) is 5.10 Å². The van der Waals surface area contributed by atoms with E-state index in [0.29, 0.717) is 0 Å². The van der Waals surface area contributed by atoms with E-state index < -0.39 is 0 Å². The lowest BCUT2D eigenvalue weighted by Gasteiger charge is -2.01. The molecule has 0 spiro atoms.